The Labute approximate surface area is 146 Å². The second kappa shape index (κ2) is 7.00. The third kappa shape index (κ3) is 3.67. The lowest BCUT2D eigenvalue weighted by Crippen LogP contribution is -2.45. The molecule has 1 aromatic carbocycles. The van der Waals surface area contributed by atoms with Crippen molar-refractivity contribution in [1.82, 2.24) is 9.80 Å². The SMILES string of the molecule is CN1CCN(c2cccc(NC(=O)N3CCCC(C(N)=O)C3)c2)C1=O. The smallest absolute Gasteiger partial charge is 0.324 e. The first-order chi connectivity index (χ1) is 12.0. The van der Waals surface area contributed by atoms with Crippen LogP contribution in [0.2, 0.25) is 0 Å². The van der Waals surface area contributed by atoms with Crippen molar-refractivity contribution < 1.29 is 14.4 Å². The van der Waals surface area contributed by atoms with Gasteiger partial charge < -0.3 is 20.9 Å². The number of amides is 5. The number of nitrogens with two attached hydrogens (primary N) is 1. The van der Waals surface area contributed by atoms with Gasteiger partial charge in [-0.25, -0.2) is 9.59 Å². The summed E-state index contributed by atoms with van der Waals surface area (Å²) < 4.78 is 0. The normalized spacial score (nSPS) is 20.8. The summed E-state index contributed by atoms with van der Waals surface area (Å²) in [5.41, 5.74) is 6.72. The van der Waals surface area contributed by atoms with Crippen LogP contribution < -0.4 is 16.0 Å². The third-order valence-corrected chi connectivity index (χ3v) is 4.74. The van der Waals surface area contributed by atoms with E-state index >= 15 is 0 Å². The minimum Gasteiger partial charge on any atom is -0.369 e. The maximum Gasteiger partial charge on any atom is 0.324 e. The van der Waals surface area contributed by atoms with E-state index < -0.39 is 0 Å². The van der Waals surface area contributed by atoms with Crippen LogP contribution in [0.4, 0.5) is 21.0 Å². The van der Waals surface area contributed by atoms with Gasteiger partial charge in [-0.3, -0.25) is 9.69 Å². The van der Waals surface area contributed by atoms with Crippen LogP contribution in [-0.4, -0.2) is 61.0 Å². The number of likely N-dealkylation sites (N-methyl/N-ethyl adjacent to an activating group) is 1. The van der Waals surface area contributed by atoms with Crippen LogP contribution >= 0.6 is 0 Å². The van der Waals surface area contributed by atoms with E-state index in [9.17, 15) is 14.4 Å². The monoisotopic (exact) mass is 345 g/mol. The summed E-state index contributed by atoms with van der Waals surface area (Å²) in [5.74, 6) is -0.653. The van der Waals surface area contributed by atoms with Crippen molar-refractivity contribution in [2.75, 3.05) is 43.4 Å². The molecule has 0 aliphatic carbocycles. The number of nitrogens with one attached hydrogen (secondary N) is 1. The van der Waals surface area contributed by atoms with Crippen LogP contribution in [0.1, 0.15) is 12.8 Å². The Morgan fingerprint density at radius 2 is 2.04 bits per heavy atom. The van der Waals surface area contributed by atoms with Crippen molar-refractivity contribution in [1.29, 1.82) is 0 Å². The summed E-state index contributed by atoms with van der Waals surface area (Å²) >= 11 is 0. The van der Waals surface area contributed by atoms with Gasteiger partial charge in [0.15, 0.2) is 0 Å². The van der Waals surface area contributed by atoms with Crippen molar-refractivity contribution in [3.05, 3.63) is 24.3 Å². The minimum absolute atomic E-state index is 0.0520. The molecular weight excluding hydrogens is 322 g/mol. The molecule has 134 valence electrons. The number of benzene rings is 1. The summed E-state index contributed by atoms with van der Waals surface area (Å²) in [6.45, 7) is 2.25. The number of likely N-dealkylation sites (tertiary alicyclic amines) is 1. The highest BCUT2D eigenvalue weighted by Gasteiger charge is 2.28. The molecule has 8 heteroatoms. The number of carbonyl (C=O) groups is 3. The topological polar surface area (TPSA) is 99.0 Å². The molecule has 2 heterocycles. The van der Waals surface area contributed by atoms with Gasteiger partial charge in [-0.1, -0.05) is 6.07 Å². The van der Waals surface area contributed by atoms with E-state index in [1.807, 2.05) is 6.07 Å². The standard InChI is InChI=1S/C17H23N5O3/c1-20-8-9-22(17(20)25)14-6-2-5-13(10-14)19-16(24)21-7-3-4-12(11-21)15(18)23/h2,5-6,10,12H,3-4,7-9,11H2,1H3,(H2,18,23)(H,19,24). The van der Waals surface area contributed by atoms with Gasteiger partial charge in [-0.15, -0.1) is 0 Å². The summed E-state index contributed by atoms with van der Waals surface area (Å²) in [6, 6.07) is 6.90. The Morgan fingerprint density at radius 3 is 2.72 bits per heavy atom. The average molecular weight is 345 g/mol. The largest absolute Gasteiger partial charge is 0.369 e. The predicted octanol–water partition coefficient (Wildman–Crippen LogP) is 1.29. The molecule has 3 N–H and O–H groups in total. The second-order valence-electron chi connectivity index (χ2n) is 6.52. The van der Waals surface area contributed by atoms with E-state index in [2.05, 4.69) is 5.32 Å². The van der Waals surface area contributed by atoms with Gasteiger partial charge in [0, 0.05) is 44.6 Å². The molecular formula is C17H23N5O3. The number of nitrogens with zero attached hydrogens (tertiary/aromatic N) is 3. The minimum atomic E-state index is -0.365. The molecule has 0 radical (unpaired) electrons. The first-order valence-electron chi connectivity index (χ1n) is 8.43. The highest BCUT2D eigenvalue weighted by Crippen LogP contribution is 2.24. The molecule has 1 atom stereocenters. The van der Waals surface area contributed by atoms with Crippen molar-refractivity contribution >= 4 is 29.3 Å². The number of hydrogen-bond acceptors (Lipinski definition) is 3. The molecule has 2 aliphatic heterocycles. The van der Waals surface area contributed by atoms with Crippen molar-refractivity contribution in [2.24, 2.45) is 11.7 Å². The number of piperidine rings is 1. The van der Waals surface area contributed by atoms with E-state index in [0.29, 0.717) is 31.9 Å². The molecule has 0 bridgehead atoms. The highest BCUT2D eigenvalue weighted by molar-refractivity contribution is 5.96. The first-order valence-corrected chi connectivity index (χ1v) is 8.43. The molecule has 1 unspecified atom stereocenters. The van der Waals surface area contributed by atoms with E-state index in [-0.39, 0.29) is 23.9 Å². The van der Waals surface area contributed by atoms with Crippen molar-refractivity contribution in [3.8, 4) is 0 Å². The van der Waals surface area contributed by atoms with Crippen LogP contribution in [0.5, 0.6) is 0 Å². The fourth-order valence-electron chi connectivity index (χ4n) is 3.23. The average Bonchev–Trinajstić information content (AvgIpc) is 2.94. The van der Waals surface area contributed by atoms with Crippen molar-refractivity contribution in [2.45, 2.75) is 12.8 Å². The molecule has 2 aliphatic rings. The maximum atomic E-state index is 12.5. The molecule has 2 fully saturated rings. The summed E-state index contributed by atoms with van der Waals surface area (Å²) in [6.07, 6.45) is 1.48. The second-order valence-corrected chi connectivity index (χ2v) is 6.52. The van der Waals surface area contributed by atoms with E-state index in [0.717, 1.165) is 18.5 Å². The predicted molar refractivity (Wildman–Crippen MR) is 94.3 cm³/mol. The number of anilines is 2. The molecule has 5 amide bonds. The number of rotatable bonds is 3. The van der Waals surface area contributed by atoms with Crippen molar-refractivity contribution in [3.63, 3.8) is 0 Å². The third-order valence-electron chi connectivity index (χ3n) is 4.74. The Kier molecular flexibility index (Phi) is 4.78. The van der Waals surface area contributed by atoms with E-state index in [1.165, 1.54) is 0 Å². The van der Waals surface area contributed by atoms with Gasteiger partial charge in [-0.05, 0) is 31.0 Å². The summed E-state index contributed by atoms with van der Waals surface area (Å²) in [4.78, 5) is 40.9. The summed E-state index contributed by atoms with van der Waals surface area (Å²) in [7, 11) is 1.76. The molecule has 2 saturated heterocycles. The molecule has 3 rings (SSSR count). The number of urea groups is 2. The fraction of sp³-hybridized carbons (Fsp3) is 0.471. The van der Waals surface area contributed by atoms with Gasteiger partial charge in [0.05, 0.1) is 5.92 Å². The van der Waals surface area contributed by atoms with Gasteiger partial charge in [0.25, 0.3) is 0 Å². The zero-order valence-corrected chi connectivity index (χ0v) is 14.3. The van der Waals surface area contributed by atoms with E-state index in [4.69, 9.17) is 5.73 Å². The van der Waals surface area contributed by atoms with Crippen LogP contribution in [-0.2, 0) is 4.79 Å². The number of hydrogen-bond donors (Lipinski definition) is 2. The van der Waals surface area contributed by atoms with Crippen LogP contribution in [0.3, 0.4) is 0 Å². The van der Waals surface area contributed by atoms with E-state index in [1.54, 1.807) is 39.9 Å². The Bertz CT molecular complexity index is 693. The van der Waals surface area contributed by atoms with Gasteiger partial charge in [-0.2, -0.15) is 0 Å². The quantitative estimate of drug-likeness (QED) is 0.863. The number of primary amides is 1. The molecule has 0 aromatic heterocycles. The lowest BCUT2D eigenvalue weighted by atomic mass is 9.98. The van der Waals surface area contributed by atoms with Gasteiger partial charge in [0.2, 0.25) is 5.91 Å². The summed E-state index contributed by atoms with van der Waals surface area (Å²) in [5, 5.41) is 2.84. The molecule has 25 heavy (non-hydrogen) atoms. The maximum absolute atomic E-state index is 12.5. The zero-order chi connectivity index (χ0) is 18.0. The number of carbonyl (C=O) groups excluding carboxylic acids is 3. The lowest BCUT2D eigenvalue weighted by Gasteiger charge is -2.31. The Morgan fingerprint density at radius 1 is 1.24 bits per heavy atom. The first kappa shape index (κ1) is 17.1. The molecule has 8 nitrogen and oxygen atoms in total. The highest BCUT2D eigenvalue weighted by atomic mass is 16.2. The molecule has 0 spiro atoms. The lowest BCUT2D eigenvalue weighted by molar-refractivity contribution is -0.123. The molecule has 0 saturated carbocycles. The van der Waals surface area contributed by atoms with Gasteiger partial charge in [0.1, 0.15) is 0 Å². The zero-order valence-electron chi connectivity index (χ0n) is 14.3. The van der Waals surface area contributed by atoms with Crippen LogP contribution in [0, 0.1) is 5.92 Å². The molecule has 1 aromatic rings. The van der Waals surface area contributed by atoms with Crippen LogP contribution in [0.25, 0.3) is 0 Å². The van der Waals surface area contributed by atoms with Crippen LogP contribution in [0.15, 0.2) is 24.3 Å². The Hall–Kier alpha value is -2.77. The Balaban J connectivity index is 1.67. The van der Waals surface area contributed by atoms with Gasteiger partial charge >= 0.3 is 12.1 Å². The fourth-order valence-corrected chi connectivity index (χ4v) is 3.23.